The third-order valence-corrected chi connectivity index (χ3v) is 5.91. The lowest BCUT2D eigenvalue weighted by molar-refractivity contribution is -0.385. The van der Waals surface area contributed by atoms with Crippen LogP contribution in [0.5, 0.6) is 0 Å². The van der Waals surface area contributed by atoms with Crippen LogP contribution in [0, 0.1) is 17.0 Å². The third kappa shape index (κ3) is 3.57. The lowest BCUT2D eigenvalue weighted by Crippen LogP contribution is -2.45. The number of hydrogen-bond acceptors (Lipinski definition) is 5. The summed E-state index contributed by atoms with van der Waals surface area (Å²) >= 11 is 1.85. The second-order valence-corrected chi connectivity index (χ2v) is 7.47. The molecule has 2 atom stereocenters. The summed E-state index contributed by atoms with van der Waals surface area (Å²) in [4.78, 5) is 25.8. The molecule has 7 heteroatoms. The Hall–Kier alpha value is -1.60. The number of amides is 1. The van der Waals surface area contributed by atoms with Crippen LogP contribution in [0.4, 0.5) is 5.69 Å². The smallest absolute Gasteiger partial charge is 0.273 e. The molecule has 0 aromatic heterocycles. The summed E-state index contributed by atoms with van der Waals surface area (Å²) in [6.45, 7) is 2.98. The van der Waals surface area contributed by atoms with E-state index in [0.717, 1.165) is 37.4 Å². The Balaban J connectivity index is 1.87. The molecule has 2 aliphatic heterocycles. The highest BCUT2D eigenvalue weighted by molar-refractivity contribution is 7.99. The molecule has 0 aliphatic carbocycles. The molecule has 2 aliphatic rings. The molecule has 1 amide bonds. The van der Waals surface area contributed by atoms with Gasteiger partial charge in [0.2, 0.25) is 0 Å². The van der Waals surface area contributed by atoms with Gasteiger partial charge >= 0.3 is 0 Å². The minimum atomic E-state index is -0.429. The molecule has 0 spiro atoms. The van der Waals surface area contributed by atoms with Gasteiger partial charge in [-0.05, 0) is 38.0 Å². The van der Waals surface area contributed by atoms with Crippen molar-refractivity contribution in [3.8, 4) is 0 Å². The van der Waals surface area contributed by atoms with Crippen molar-refractivity contribution in [1.29, 1.82) is 0 Å². The van der Waals surface area contributed by atoms with Gasteiger partial charge in [-0.15, -0.1) is 0 Å². The Morgan fingerprint density at radius 3 is 2.92 bits per heavy atom. The van der Waals surface area contributed by atoms with Crippen LogP contribution < -0.4 is 0 Å². The first-order chi connectivity index (χ1) is 11.6. The largest absolute Gasteiger partial charge is 0.376 e. The van der Waals surface area contributed by atoms with Gasteiger partial charge in [0.05, 0.1) is 11.0 Å². The zero-order valence-corrected chi connectivity index (χ0v) is 14.6. The van der Waals surface area contributed by atoms with E-state index in [4.69, 9.17) is 4.74 Å². The number of nitro groups is 1. The SMILES string of the molecule is Cc1c(C(=O)N(C[C@H]2CCCO2)[C@H]2CCSC2)cccc1[N+](=O)[O-]. The molecule has 0 saturated carbocycles. The average Bonchev–Trinajstić information content (AvgIpc) is 3.25. The Kier molecular flexibility index (Phi) is 5.40. The number of benzene rings is 1. The van der Waals surface area contributed by atoms with Crippen molar-refractivity contribution < 1.29 is 14.5 Å². The standard InChI is InChI=1S/C17H22N2O4S/c1-12-15(5-2-6-16(12)19(21)22)17(20)18(13-7-9-24-11-13)10-14-4-3-8-23-14/h2,5-6,13-14H,3-4,7-11H2,1H3/t13-,14+/m0/s1. The van der Waals surface area contributed by atoms with Gasteiger partial charge in [-0.3, -0.25) is 14.9 Å². The Morgan fingerprint density at radius 2 is 2.29 bits per heavy atom. The molecular formula is C17H22N2O4S. The molecule has 130 valence electrons. The van der Waals surface area contributed by atoms with Crippen LogP contribution in [0.3, 0.4) is 0 Å². The van der Waals surface area contributed by atoms with Crippen molar-refractivity contribution in [3.05, 3.63) is 39.4 Å². The maximum atomic E-state index is 13.2. The molecule has 0 bridgehead atoms. The molecule has 0 N–H and O–H groups in total. The number of ether oxygens (including phenoxy) is 1. The molecule has 0 unspecified atom stereocenters. The van der Waals surface area contributed by atoms with Gasteiger partial charge in [0, 0.05) is 42.1 Å². The second-order valence-electron chi connectivity index (χ2n) is 6.32. The lowest BCUT2D eigenvalue weighted by Gasteiger charge is -2.31. The maximum Gasteiger partial charge on any atom is 0.273 e. The van der Waals surface area contributed by atoms with Crippen molar-refractivity contribution in [2.24, 2.45) is 0 Å². The molecule has 6 nitrogen and oxygen atoms in total. The van der Waals surface area contributed by atoms with Crippen LogP contribution in [0.15, 0.2) is 18.2 Å². The highest BCUT2D eigenvalue weighted by Gasteiger charge is 2.32. The molecule has 24 heavy (non-hydrogen) atoms. The number of rotatable bonds is 5. The van der Waals surface area contributed by atoms with E-state index in [9.17, 15) is 14.9 Å². The normalized spacial score (nSPS) is 23.4. The summed E-state index contributed by atoms with van der Waals surface area (Å²) in [7, 11) is 0. The Bertz CT molecular complexity index is 625. The summed E-state index contributed by atoms with van der Waals surface area (Å²) in [6.07, 6.45) is 3.05. The zero-order valence-electron chi connectivity index (χ0n) is 13.8. The number of carbonyl (C=O) groups is 1. The number of thioether (sulfide) groups is 1. The topological polar surface area (TPSA) is 72.7 Å². The van der Waals surface area contributed by atoms with Gasteiger partial charge in [0.15, 0.2) is 0 Å². The van der Waals surface area contributed by atoms with Gasteiger partial charge in [-0.25, -0.2) is 0 Å². The minimum absolute atomic E-state index is 0.00119. The van der Waals surface area contributed by atoms with Crippen LogP contribution in [-0.4, -0.2) is 52.5 Å². The first-order valence-corrected chi connectivity index (χ1v) is 9.47. The summed E-state index contributed by atoms with van der Waals surface area (Å²) in [5, 5.41) is 11.2. The van der Waals surface area contributed by atoms with Crippen molar-refractivity contribution in [3.63, 3.8) is 0 Å². The third-order valence-electron chi connectivity index (χ3n) is 4.76. The van der Waals surface area contributed by atoms with Crippen molar-refractivity contribution in [2.45, 2.75) is 38.3 Å². The highest BCUT2D eigenvalue weighted by atomic mass is 32.2. The predicted molar refractivity (Wildman–Crippen MR) is 93.6 cm³/mol. The summed E-state index contributed by atoms with van der Waals surface area (Å²) in [5.41, 5.74) is 0.869. The number of hydrogen-bond donors (Lipinski definition) is 0. The van der Waals surface area contributed by atoms with E-state index in [0.29, 0.717) is 17.7 Å². The molecule has 3 rings (SSSR count). The van der Waals surface area contributed by atoms with Gasteiger partial charge < -0.3 is 9.64 Å². The summed E-state index contributed by atoms with van der Waals surface area (Å²) in [5.74, 6) is 1.86. The molecule has 2 saturated heterocycles. The number of carbonyl (C=O) groups excluding carboxylic acids is 1. The van der Waals surface area contributed by atoms with E-state index in [1.807, 2.05) is 16.7 Å². The van der Waals surface area contributed by atoms with Gasteiger partial charge in [-0.2, -0.15) is 11.8 Å². The lowest BCUT2D eigenvalue weighted by atomic mass is 10.0. The van der Waals surface area contributed by atoms with E-state index in [2.05, 4.69) is 0 Å². The van der Waals surface area contributed by atoms with E-state index in [-0.39, 0.29) is 23.7 Å². The fourth-order valence-electron chi connectivity index (χ4n) is 3.38. The van der Waals surface area contributed by atoms with Gasteiger partial charge in [-0.1, -0.05) is 6.07 Å². The fraction of sp³-hybridized carbons (Fsp3) is 0.588. The van der Waals surface area contributed by atoms with Crippen LogP contribution in [0.2, 0.25) is 0 Å². The van der Waals surface area contributed by atoms with Gasteiger partial charge in [0.25, 0.3) is 11.6 Å². The average molecular weight is 350 g/mol. The fourth-order valence-corrected chi connectivity index (χ4v) is 4.61. The van der Waals surface area contributed by atoms with Crippen molar-refractivity contribution in [1.82, 2.24) is 4.90 Å². The molecule has 1 aromatic carbocycles. The highest BCUT2D eigenvalue weighted by Crippen LogP contribution is 2.28. The van der Waals surface area contributed by atoms with E-state index in [1.54, 1.807) is 19.1 Å². The van der Waals surface area contributed by atoms with Crippen molar-refractivity contribution in [2.75, 3.05) is 24.7 Å². The molecule has 1 aromatic rings. The van der Waals surface area contributed by atoms with E-state index < -0.39 is 4.92 Å². The van der Waals surface area contributed by atoms with Crippen LogP contribution >= 0.6 is 11.8 Å². The second kappa shape index (κ2) is 7.53. The van der Waals surface area contributed by atoms with Crippen molar-refractivity contribution >= 4 is 23.4 Å². The molecule has 0 radical (unpaired) electrons. The molecular weight excluding hydrogens is 328 g/mol. The summed E-state index contributed by atoms with van der Waals surface area (Å²) in [6, 6.07) is 4.91. The number of nitrogens with zero attached hydrogens (tertiary/aromatic N) is 2. The van der Waals surface area contributed by atoms with E-state index in [1.165, 1.54) is 6.07 Å². The Labute approximate surface area is 145 Å². The predicted octanol–water partition coefficient (Wildman–Crippen LogP) is 3.03. The molecule has 2 fully saturated rings. The first-order valence-electron chi connectivity index (χ1n) is 8.32. The first kappa shape index (κ1) is 17.2. The molecule has 2 heterocycles. The quantitative estimate of drug-likeness (QED) is 0.603. The monoisotopic (exact) mass is 350 g/mol. The van der Waals surface area contributed by atoms with Gasteiger partial charge in [0.1, 0.15) is 0 Å². The number of nitro benzene ring substituents is 1. The minimum Gasteiger partial charge on any atom is -0.376 e. The maximum absolute atomic E-state index is 13.2. The van der Waals surface area contributed by atoms with Crippen LogP contribution in [0.25, 0.3) is 0 Å². The van der Waals surface area contributed by atoms with E-state index >= 15 is 0 Å². The van der Waals surface area contributed by atoms with Crippen LogP contribution in [0.1, 0.15) is 35.2 Å². The van der Waals surface area contributed by atoms with Crippen LogP contribution in [-0.2, 0) is 4.74 Å². The Morgan fingerprint density at radius 1 is 1.46 bits per heavy atom. The summed E-state index contributed by atoms with van der Waals surface area (Å²) < 4.78 is 5.71. The zero-order chi connectivity index (χ0) is 17.1.